The molecule has 2 aromatic carbocycles. The lowest BCUT2D eigenvalue weighted by Gasteiger charge is -2.16. The molecule has 0 radical (unpaired) electrons. The zero-order valence-corrected chi connectivity index (χ0v) is 17.6. The first kappa shape index (κ1) is 20.5. The van der Waals surface area contributed by atoms with Gasteiger partial charge in [-0.15, -0.1) is 13.2 Å². The number of aromatic nitrogens is 1. The first-order chi connectivity index (χ1) is 17.1. The van der Waals surface area contributed by atoms with Gasteiger partial charge in [0.2, 0.25) is 0 Å². The summed E-state index contributed by atoms with van der Waals surface area (Å²) in [5.41, 5.74) is -0.133. The van der Waals surface area contributed by atoms with Crippen molar-refractivity contribution in [2.45, 2.75) is 20.2 Å². The van der Waals surface area contributed by atoms with Crippen LogP contribution < -0.4 is 19.5 Å². The molecule has 1 N–H and O–H groups in total. The lowest BCUT2D eigenvalue weighted by atomic mass is 10.1. The van der Waals surface area contributed by atoms with Crippen molar-refractivity contribution >= 4 is 17.4 Å². The van der Waals surface area contributed by atoms with Crippen LogP contribution in [0.3, 0.4) is 0 Å². The van der Waals surface area contributed by atoms with Gasteiger partial charge in [-0.05, 0) is 48.9 Å². The van der Waals surface area contributed by atoms with Gasteiger partial charge in [0.1, 0.15) is 28.6 Å². The average molecular weight is 481 g/mol. The van der Waals surface area contributed by atoms with Crippen molar-refractivity contribution in [3.63, 3.8) is 0 Å². The van der Waals surface area contributed by atoms with Crippen LogP contribution in [0.4, 0.5) is 23.2 Å². The molecule has 1 aromatic heterocycles. The van der Waals surface area contributed by atoms with Crippen LogP contribution in [0.5, 0.6) is 23.0 Å². The Bertz CT molecular complexity index is 1350. The van der Waals surface area contributed by atoms with Gasteiger partial charge in [0.25, 0.3) is 5.91 Å². The molecular weight excluding hydrogens is 460 g/mol. The Morgan fingerprint density at radius 1 is 1.06 bits per heavy atom. The van der Waals surface area contributed by atoms with Crippen molar-refractivity contribution in [3.8, 4) is 23.0 Å². The fourth-order valence-corrected chi connectivity index (χ4v) is 2.87. The molecule has 0 aliphatic carbocycles. The standard InChI is InChI=1S/C23H18F4N2O5/c1-12-8-16(24)21(22(31)29-14-6-7-28-17(10-14)13(2)30)20(9-12)33-18-5-4-15(11-19(18)32-3)34-23(25,26)27/h4-11H,1-3H3,(H,28,29,31)/i3D3. The minimum Gasteiger partial charge on any atom is -0.493 e. The van der Waals surface area contributed by atoms with E-state index in [2.05, 4.69) is 15.0 Å². The van der Waals surface area contributed by atoms with Crippen LogP contribution in [0.15, 0.2) is 48.7 Å². The Morgan fingerprint density at radius 2 is 1.82 bits per heavy atom. The van der Waals surface area contributed by atoms with Crippen LogP contribution in [0.2, 0.25) is 0 Å². The summed E-state index contributed by atoms with van der Waals surface area (Å²) < 4.78 is 88.8. The van der Waals surface area contributed by atoms with Crippen LogP contribution in [0.1, 0.15) is 37.4 Å². The Morgan fingerprint density at radius 3 is 2.50 bits per heavy atom. The molecule has 3 aromatic rings. The molecule has 178 valence electrons. The molecule has 3 rings (SSSR count). The minimum atomic E-state index is -5.07. The molecule has 1 heterocycles. The predicted octanol–water partition coefficient (Wildman–Crippen LogP) is 5.68. The van der Waals surface area contributed by atoms with E-state index in [0.717, 1.165) is 18.2 Å². The number of amides is 1. The maximum atomic E-state index is 14.9. The number of nitrogens with one attached hydrogen (secondary N) is 1. The summed E-state index contributed by atoms with van der Waals surface area (Å²) in [7, 11) is -3.09. The number of carbonyl (C=O) groups excluding carboxylic acids is 2. The summed E-state index contributed by atoms with van der Waals surface area (Å²) in [5.74, 6) is -4.70. The van der Waals surface area contributed by atoms with Crippen molar-refractivity contribution in [1.82, 2.24) is 4.98 Å². The second-order valence-electron chi connectivity index (χ2n) is 6.92. The Kier molecular flexibility index (Phi) is 5.88. The summed E-state index contributed by atoms with van der Waals surface area (Å²) in [6.45, 7) is 2.75. The van der Waals surface area contributed by atoms with E-state index >= 15 is 0 Å². The lowest BCUT2D eigenvalue weighted by molar-refractivity contribution is -0.274. The highest BCUT2D eigenvalue weighted by Crippen LogP contribution is 2.38. The Hall–Kier alpha value is -4.15. The third kappa shape index (κ3) is 6.00. The third-order valence-corrected chi connectivity index (χ3v) is 4.28. The van der Waals surface area contributed by atoms with Gasteiger partial charge in [0.05, 0.1) is 11.2 Å². The van der Waals surface area contributed by atoms with Gasteiger partial charge in [-0.1, -0.05) is 0 Å². The molecule has 11 heteroatoms. The summed E-state index contributed by atoms with van der Waals surface area (Å²) in [5, 5.41) is 2.41. The summed E-state index contributed by atoms with van der Waals surface area (Å²) >= 11 is 0. The number of anilines is 1. The maximum absolute atomic E-state index is 14.9. The average Bonchev–Trinajstić information content (AvgIpc) is 2.73. The number of benzene rings is 2. The van der Waals surface area contributed by atoms with Crippen LogP contribution in [0, 0.1) is 12.7 Å². The maximum Gasteiger partial charge on any atom is 0.573 e. The van der Waals surface area contributed by atoms with Crippen LogP contribution in [0.25, 0.3) is 0 Å². The molecule has 7 nitrogen and oxygen atoms in total. The van der Waals surface area contributed by atoms with E-state index in [9.17, 15) is 27.2 Å². The number of ketones is 1. The second kappa shape index (κ2) is 9.77. The van der Waals surface area contributed by atoms with Gasteiger partial charge in [0, 0.05) is 24.9 Å². The smallest absolute Gasteiger partial charge is 0.493 e. The van der Waals surface area contributed by atoms with Crippen molar-refractivity contribution < 1.29 is 45.5 Å². The van der Waals surface area contributed by atoms with E-state index in [0.29, 0.717) is 11.6 Å². The monoisotopic (exact) mass is 481 g/mol. The number of alkyl halides is 3. The van der Waals surface area contributed by atoms with Crippen LogP contribution in [-0.2, 0) is 0 Å². The normalized spacial score (nSPS) is 12.7. The van der Waals surface area contributed by atoms with E-state index in [1.54, 1.807) is 0 Å². The number of Topliss-reactive ketones (excluding diaryl/α,β-unsaturated/α-hetero) is 1. The molecule has 0 unspecified atom stereocenters. The van der Waals surface area contributed by atoms with Gasteiger partial charge >= 0.3 is 6.36 Å². The SMILES string of the molecule is [2H]C([2H])([2H])Oc1cc(OC(F)(F)F)ccc1Oc1cc(C)cc(F)c1C(=O)Nc1ccnc(C(C)=O)c1. The quantitative estimate of drug-likeness (QED) is 0.345. The number of hydrogen-bond acceptors (Lipinski definition) is 6. The van der Waals surface area contributed by atoms with E-state index in [-0.39, 0.29) is 17.2 Å². The molecule has 1 amide bonds. The van der Waals surface area contributed by atoms with Gasteiger partial charge in [-0.3, -0.25) is 14.6 Å². The summed E-state index contributed by atoms with van der Waals surface area (Å²) in [4.78, 5) is 28.4. The molecule has 0 aliphatic rings. The summed E-state index contributed by atoms with van der Waals surface area (Å²) in [6.07, 6.45) is -3.81. The molecule has 0 saturated carbocycles. The second-order valence-corrected chi connectivity index (χ2v) is 6.92. The first-order valence-electron chi connectivity index (χ1n) is 11.0. The number of ether oxygens (including phenoxy) is 3. The number of hydrogen-bond donors (Lipinski definition) is 1. The fourth-order valence-electron chi connectivity index (χ4n) is 2.87. The van der Waals surface area contributed by atoms with Crippen molar-refractivity contribution in [1.29, 1.82) is 0 Å². The van der Waals surface area contributed by atoms with E-state index in [1.807, 2.05) is 0 Å². The van der Waals surface area contributed by atoms with Gasteiger partial charge in [0.15, 0.2) is 17.3 Å². The Balaban J connectivity index is 2.01. The third-order valence-electron chi connectivity index (χ3n) is 4.28. The van der Waals surface area contributed by atoms with Gasteiger partial charge in [-0.25, -0.2) is 4.39 Å². The van der Waals surface area contributed by atoms with Gasteiger partial charge in [-0.2, -0.15) is 0 Å². The van der Waals surface area contributed by atoms with E-state index < -0.39 is 53.7 Å². The number of halogens is 4. The highest BCUT2D eigenvalue weighted by molar-refractivity contribution is 6.07. The molecule has 0 spiro atoms. The molecule has 0 fully saturated rings. The van der Waals surface area contributed by atoms with Crippen molar-refractivity contribution in [3.05, 3.63) is 71.3 Å². The minimum absolute atomic E-state index is 0.0475. The number of methoxy groups -OCH3 is 1. The van der Waals surface area contributed by atoms with Crippen molar-refractivity contribution in [2.75, 3.05) is 12.4 Å². The molecule has 0 bridgehead atoms. The highest BCUT2D eigenvalue weighted by atomic mass is 19.4. The summed E-state index contributed by atoms with van der Waals surface area (Å²) in [6, 6.07) is 7.28. The topological polar surface area (TPSA) is 86.8 Å². The van der Waals surface area contributed by atoms with Gasteiger partial charge < -0.3 is 19.5 Å². The number of aryl methyl sites for hydroxylation is 1. The molecule has 34 heavy (non-hydrogen) atoms. The van der Waals surface area contributed by atoms with E-state index in [1.165, 1.54) is 38.2 Å². The molecule has 0 aliphatic heterocycles. The molecule has 0 atom stereocenters. The molecule has 0 saturated heterocycles. The number of pyridine rings is 1. The largest absolute Gasteiger partial charge is 0.573 e. The zero-order chi connectivity index (χ0) is 27.5. The highest BCUT2D eigenvalue weighted by Gasteiger charge is 2.31. The zero-order valence-electron chi connectivity index (χ0n) is 20.6. The molecular formula is C23H18F4N2O5. The number of nitrogens with zero attached hydrogens (tertiary/aromatic N) is 1. The Labute approximate surface area is 195 Å². The number of rotatable bonds is 7. The van der Waals surface area contributed by atoms with Crippen LogP contribution in [-0.4, -0.2) is 30.1 Å². The number of carbonyl (C=O) groups is 2. The lowest BCUT2D eigenvalue weighted by Crippen LogP contribution is -2.17. The first-order valence-corrected chi connectivity index (χ1v) is 9.46. The van der Waals surface area contributed by atoms with Crippen LogP contribution >= 0.6 is 0 Å². The predicted molar refractivity (Wildman–Crippen MR) is 113 cm³/mol. The fraction of sp³-hybridized carbons (Fsp3) is 0.174. The van der Waals surface area contributed by atoms with Crippen molar-refractivity contribution in [2.24, 2.45) is 0 Å². The van der Waals surface area contributed by atoms with E-state index in [4.69, 9.17) is 13.6 Å².